The van der Waals surface area contributed by atoms with Crippen LogP contribution in [0.2, 0.25) is 0 Å². The average Bonchev–Trinajstić information content (AvgIpc) is 2.97. The first kappa shape index (κ1) is 14.8. The maximum absolute atomic E-state index is 8.64. The summed E-state index contributed by atoms with van der Waals surface area (Å²) in [5, 5.41) is 11.1. The van der Waals surface area contributed by atoms with Crippen molar-refractivity contribution >= 4 is 22.1 Å². The molecule has 22 heavy (non-hydrogen) atoms. The van der Waals surface area contributed by atoms with Gasteiger partial charge in [0.25, 0.3) is 0 Å². The molecule has 0 amide bonds. The Morgan fingerprint density at radius 3 is 2.68 bits per heavy atom. The van der Waals surface area contributed by atoms with E-state index in [1.165, 1.54) is 27.5 Å². The highest BCUT2D eigenvalue weighted by Gasteiger charge is 2.17. The number of allylic oxidation sites excluding steroid dienone is 4. The van der Waals surface area contributed by atoms with Crippen LogP contribution in [0.25, 0.3) is 16.3 Å². The Hall–Kier alpha value is -2.15. The molecule has 1 aliphatic carbocycles. The third-order valence-electron chi connectivity index (χ3n) is 4.50. The summed E-state index contributed by atoms with van der Waals surface area (Å²) in [5.41, 5.74) is 5.88. The second-order valence-corrected chi connectivity index (χ2v) is 6.06. The Morgan fingerprint density at radius 2 is 1.95 bits per heavy atom. The number of unbranched alkanes of at least 4 members (excludes halogenated alkanes) is 1. The lowest BCUT2D eigenvalue weighted by molar-refractivity contribution is 0.833. The normalized spacial score (nSPS) is 14.1. The second kappa shape index (κ2) is 6.31. The van der Waals surface area contributed by atoms with E-state index in [4.69, 9.17) is 5.41 Å². The van der Waals surface area contributed by atoms with Crippen LogP contribution < -0.4 is 0 Å². The van der Waals surface area contributed by atoms with Crippen LogP contribution >= 0.6 is 0 Å². The van der Waals surface area contributed by atoms with Gasteiger partial charge in [0, 0.05) is 11.3 Å². The molecule has 0 unspecified atom stereocenters. The van der Waals surface area contributed by atoms with E-state index in [0.717, 1.165) is 37.0 Å². The van der Waals surface area contributed by atoms with Crippen molar-refractivity contribution in [2.24, 2.45) is 0 Å². The minimum Gasteiger partial charge on any atom is -0.305 e. The first-order chi connectivity index (χ1) is 10.7. The molecular formula is C21H23N. The predicted octanol–water partition coefficient (Wildman–Crippen LogP) is 6.13. The van der Waals surface area contributed by atoms with Gasteiger partial charge in [0.05, 0.1) is 0 Å². The molecule has 0 heterocycles. The van der Waals surface area contributed by atoms with Crippen molar-refractivity contribution in [2.45, 2.75) is 39.5 Å². The fourth-order valence-corrected chi connectivity index (χ4v) is 3.26. The molecule has 0 atom stereocenters. The second-order valence-electron chi connectivity index (χ2n) is 6.06. The van der Waals surface area contributed by atoms with E-state index in [1.807, 2.05) is 0 Å². The molecule has 0 fully saturated rings. The van der Waals surface area contributed by atoms with Crippen LogP contribution in [0.4, 0.5) is 0 Å². The highest BCUT2D eigenvalue weighted by molar-refractivity contribution is 6.13. The van der Waals surface area contributed by atoms with E-state index < -0.39 is 0 Å². The molecule has 3 rings (SSSR count). The quantitative estimate of drug-likeness (QED) is 0.640. The smallest absolute Gasteiger partial charge is 0.0398 e. The van der Waals surface area contributed by atoms with Crippen molar-refractivity contribution in [2.75, 3.05) is 0 Å². The topological polar surface area (TPSA) is 23.9 Å². The van der Waals surface area contributed by atoms with E-state index in [1.54, 1.807) is 0 Å². The lowest BCUT2D eigenvalue weighted by Crippen LogP contribution is -2.05. The summed E-state index contributed by atoms with van der Waals surface area (Å²) in [7, 11) is 0. The Labute approximate surface area is 132 Å². The first-order valence-electron chi connectivity index (χ1n) is 8.18. The van der Waals surface area contributed by atoms with Gasteiger partial charge in [-0.25, -0.2) is 0 Å². The molecule has 0 spiro atoms. The molecule has 0 saturated heterocycles. The molecule has 0 bridgehead atoms. The van der Waals surface area contributed by atoms with Crippen molar-refractivity contribution in [3.8, 4) is 0 Å². The van der Waals surface area contributed by atoms with Gasteiger partial charge in [-0.3, -0.25) is 0 Å². The molecule has 0 aromatic heterocycles. The fourth-order valence-electron chi connectivity index (χ4n) is 3.26. The molecule has 1 N–H and O–H groups in total. The van der Waals surface area contributed by atoms with Gasteiger partial charge < -0.3 is 5.41 Å². The molecule has 1 nitrogen and oxygen atoms in total. The SMILES string of the molecule is CCCCC(=N)c1c(C2=C(C)C=CC2)ccc2ccccc12. The van der Waals surface area contributed by atoms with E-state index in [-0.39, 0.29) is 0 Å². The first-order valence-corrected chi connectivity index (χ1v) is 8.18. The average molecular weight is 289 g/mol. The molecule has 0 radical (unpaired) electrons. The van der Waals surface area contributed by atoms with Gasteiger partial charge in [0.1, 0.15) is 0 Å². The zero-order valence-corrected chi connectivity index (χ0v) is 13.4. The van der Waals surface area contributed by atoms with E-state index in [9.17, 15) is 0 Å². The summed E-state index contributed by atoms with van der Waals surface area (Å²) in [6.07, 6.45) is 8.47. The molecule has 0 saturated carbocycles. The standard InChI is InChI=1S/C21H23N/c1-3-4-12-20(22)21-18-10-6-5-9-16(18)13-14-19(21)17-11-7-8-15(17)2/h5-10,13-14,22H,3-4,11-12H2,1-2H3. The summed E-state index contributed by atoms with van der Waals surface area (Å²) < 4.78 is 0. The van der Waals surface area contributed by atoms with Crippen LogP contribution in [0.1, 0.15) is 50.7 Å². The van der Waals surface area contributed by atoms with Crippen molar-refractivity contribution < 1.29 is 0 Å². The summed E-state index contributed by atoms with van der Waals surface area (Å²) in [4.78, 5) is 0. The molecular weight excluding hydrogens is 266 g/mol. The summed E-state index contributed by atoms with van der Waals surface area (Å²) in [6.45, 7) is 4.36. The van der Waals surface area contributed by atoms with E-state index in [2.05, 4.69) is 62.4 Å². The molecule has 112 valence electrons. The number of hydrogen-bond acceptors (Lipinski definition) is 1. The van der Waals surface area contributed by atoms with Gasteiger partial charge in [-0.1, -0.05) is 61.9 Å². The lowest BCUT2D eigenvalue weighted by Gasteiger charge is -2.16. The van der Waals surface area contributed by atoms with Gasteiger partial charge in [-0.05, 0) is 53.7 Å². The monoisotopic (exact) mass is 289 g/mol. The number of benzene rings is 2. The van der Waals surface area contributed by atoms with Gasteiger partial charge in [0.2, 0.25) is 0 Å². The van der Waals surface area contributed by atoms with Crippen LogP contribution in [0.15, 0.2) is 54.1 Å². The largest absolute Gasteiger partial charge is 0.305 e. The van der Waals surface area contributed by atoms with Gasteiger partial charge in [-0.2, -0.15) is 0 Å². The molecule has 0 aliphatic heterocycles. The van der Waals surface area contributed by atoms with Gasteiger partial charge in [-0.15, -0.1) is 0 Å². The summed E-state index contributed by atoms with van der Waals surface area (Å²) in [5.74, 6) is 0. The van der Waals surface area contributed by atoms with Crippen LogP contribution in [0, 0.1) is 5.41 Å². The third-order valence-corrected chi connectivity index (χ3v) is 4.50. The Kier molecular flexibility index (Phi) is 4.24. The van der Waals surface area contributed by atoms with Crippen LogP contribution in [-0.4, -0.2) is 5.71 Å². The number of nitrogens with one attached hydrogen (secondary N) is 1. The van der Waals surface area contributed by atoms with E-state index >= 15 is 0 Å². The lowest BCUT2D eigenvalue weighted by atomic mass is 9.88. The van der Waals surface area contributed by atoms with Crippen molar-refractivity contribution in [1.29, 1.82) is 5.41 Å². The predicted molar refractivity (Wildman–Crippen MR) is 96.7 cm³/mol. The number of hydrogen-bond donors (Lipinski definition) is 1. The summed E-state index contributed by atoms with van der Waals surface area (Å²) in [6, 6.07) is 12.9. The van der Waals surface area contributed by atoms with Crippen LogP contribution in [0.3, 0.4) is 0 Å². The minimum atomic E-state index is 0.779. The Balaban J connectivity index is 2.19. The molecule has 1 aliphatic rings. The summed E-state index contributed by atoms with van der Waals surface area (Å²) >= 11 is 0. The minimum absolute atomic E-state index is 0.779. The maximum atomic E-state index is 8.64. The van der Waals surface area contributed by atoms with Crippen molar-refractivity contribution in [1.82, 2.24) is 0 Å². The van der Waals surface area contributed by atoms with Gasteiger partial charge >= 0.3 is 0 Å². The van der Waals surface area contributed by atoms with Crippen LogP contribution in [-0.2, 0) is 0 Å². The fraction of sp³-hybridized carbons (Fsp3) is 0.286. The Bertz CT molecular complexity index is 778. The van der Waals surface area contributed by atoms with Crippen molar-refractivity contribution in [3.05, 3.63) is 65.3 Å². The van der Waals surface area contributed by atoms with E-state index in [0.29, 0.717) is 0 Å². The Morgan fingerprint density at radius 1 is 1.14 bits per heavy atom. The number of fused-ring (bicyclic) bond motifs is 1. The highest BCUT2D eigenvalue weighted by atomic mass is 14.4. The third kappa shape index (κ3) is 2.64. The number of rotatable bonds is 5. The zero-order valence-electron chi connectivity index (χ0n) is 13.4. The highest BCUT2D eigenvalue weighted by Crippen LogP contribution is 2.35. The molecule has 2 aromatic rings. The molecule has 2 aromatic carbocycles. The maximum Gasteiger partial charge on any atom is 0.0398 e. The van der Waals surface area contributed by atoms with Crippen LogP contribution in [0.5, 0.6) is 0 Å². The van der Waals surface area contributed by atoms with Gasteiger partial charge in [0.15, 0.2) is 0 Å². The zero-order chi connectivity index (χ0) is 15.5. The van der Waals surface area contributed by atoms with Crippen molar-refractivity contribution in [3.63, 3.8) is 0 Å². The molecule has 1 heteroatoms.